The molecule has 120 valence electrons. The molecule has 0 aliphatic carbocycles. The molecule has 1 aromatic heterocycles. The molecule has 1 aromatic carbocycles. The first-order chi connectivity index (χ1) is 11.1. The van der Waals surface area contributed by atoms with Gasteiger partial charge in [0, 0.05) is 30.7 Å². The van der Waals surface area contributed by atoms with Gasteiger partial charge in [0.1, 0.15) is 5.52 Å². The van der Waals surface area contributed by atoms with E-state index in [1.54, 1.807) is 4.90 Å². The first-order valence-corrected chi connectivity index (χ1v) is 8.25. The number of carbonyl (C=O) groups is 2. The highest BCUT2D eigenvalue weighted by atomic mass is 79.9. The molecule has 23 heavy (non-hydrogen) atoms. The molecule has 4 rings (SSSR count). The maximum Gasteiger partial charge on any atom is 0.312 e. The Bertz CT molecular complexity index is 790. The van der Waals surface area contributed by atoms with Crippen LogP contribution in [0.4, 0.5) is 0 Å². The molecule has 2 aromatic rings. The van der Waals surface area contributed by atoms with Gasteiger partial charge >= 0.3 is 11.8 Å². The minimum atomic E-state index is -0.501. The van der Waals surface area contributed by atoms with Gasteiger partial charge in [-0.2, -0.15) is 0 Å². The van der Waals surface area contributed by atoms with E-state index in [0.29, 0.717) is 38.6 Å². The van der Waals surface area contributed by atoms with Crippen LogP contribution in [-0.4, -0.2) is 58.8 Å². The lowest BCUT2D eigenvalue weighted by Gasteiger charge is -2.43. The summed E-state index contributed by atoms with van der Waals surface area (Å²) >= 11 is 3.42. The molecule has 2 aliphatic heterocycles. The van der Waals surface area contributed by atoms with Gasteiger partial charge in [0.05, 0.1) is 12.6 Å². The summed E-state index contributed by atoms with van der Waals surface area (Å²) < 4.78 is 6.75. The number of piperazine rings is 2. The number of benzene rings is 1. The van der Waals surface area contributed by atoms with Gasteiger partial charge in [0.2, 0.25) is 5.89 Å². The predicted molar refractivity (Wildman–Crippen MR) is 85.5 cm³/mol. The molecule has 0 spiro atoms. The van der Waals surface area contributed by atoms with Crippen molar-refractivity contribution in [3.05, 3.63) is 28.6 Å². The van der Waals surface area contributed by atoms with Gasteiger partial charge in [-0.25, -0.2) is 4.98 Å². The molecule has 1 atom stereocenters. The van der Waals surface area contributed by atoms with Crippen molar-refractivity contribution in [1.82, 2.24) is 20.1 Å². The van der Waals surface area contributed by atoms with Crippen LogP contribution >= 0.6 is 15.9 Å². The van der Waals surface area contributed by atoms with Crippen molar-refractivity contribution in [2.75, 3.05) is 26.2 Å². The summed E-state index contributed by atoms with van der Waals surface area (Å²) in [4.78, 5) is 31.6. The van der Waals surface area contributed by atoms with Crippen molar-refractivity contribution in [3.63, 3.8) is 0 Å². The molecular formula is C15H15BrN4O3. The number of aromatic nitrogens is 1. The van der Waals surface area contributed by atoms with Gasteiger partial charge in [-0.1, -0.05) is 15.9 Å². The largest absolute Gasteiger partial charge is 0.439 e. The second kappa shape index (κ2) is 5.61. The lowest BCUT2D eigenvalue weighted by Crippen LogP contribution is -2.65. The van der Waals surface area contributed by atoms with Crippen LogP contribution in [0.2, 0.25) is 0 Å². The van der Waals surface area contributed by atoms with Crippen LogP contribution in [0.3, 0.4) is 0 Å². The lowest BCUT2D eigenvalue weighted by atomic mass is 10.1. The molecule has 3 heterocycles. The molecular weight excluding hydrogens is 364 g/mol. The average Bonchev–Trinajstić information content (AvgIpc) is 2.92. The van der Waals surface area contributed by atoms with Gasteiger partial charge in [0.25, 0.3) is 0 Å². The predicted octanol–water partition coefficient (Wildman–Crippen LogP) is 0.733. The standard InChI is InChI=1S/C15H15BrN4O3/c16-9-1-2-11-12(5-9)23-13(18-11)8-19-3-4-20-10(7-19)6-17-14(21)15(20)22/h1-2,5,10H,3-4,6-8H2,(H,17,21). The third kappa shape index (κ3) is 2.72. The highest BCUT2D eigenvalue weighted by molar-refractivity contribution is 9.10. The van der Waals surface area contributed by atoms with Crippen molar-refractivity contribution in [1.29, 1.82) is 0 Å². The number of nitrogens with one attached hydrogen (secondary N) is 1. The maximum atomic E-state index is 11.8. The Kier molecular flexibility index (Phi) is 3.57. The summed E-state index contributed by atoms with van der Waals surface area (Å²) in [5.41, 5.74) is 1.59. The zero-order chi connectivity index (χ0) is 16.0. The van der Waals surface area contributed by atoms with Gasteiger partial charge in [-0.15, -0.1) is 0 Å². The molecule has 8 heteroatoms. The molecule has 0 bridgehead atoms. The van der Waals surface area contributed by atoms with Crippen molar-refractivity contribution >= 4 is 38.8 Å². The minimum absolute atomic E-state index is 0.0208. The SMILES string of the molecule is O=C1NCC2CN(Cc3nc4ccc(Br)cc4o3)CCN2C1=O. The third-order valence-electron chi connectivity index (χ3n) is 4.27. The summed E-state index contributed by atoms with van der Waals surface area (Å²) in [7, 11) is 0. The molecule has 0 saturated carbocycles. The highest BCUT2D eigenvalue weighted by Gasteiger charge is 2.37. The lowest BCUT2D eigenvalue weighted by molar-refractivity contribution is -0.152. The Morgan fingerprint density at radius 1 is 1.35 bits per heavy atom. The number of hydrogen-bond donors (Lipinski definition) is 1. The van der Waals surface area contributed by atoms with Crippen LogP contribution < -0.4 is 5.32 Å². The summed E-state index contributed by atoms with van der Waals surface area (Å²) in [6.07, 6.45) is 0. The number of rotatable bonds is 2. The Hall–Kier alpha value is -1.93. The molecule has 1 unspecified atom stereocenters. The Morgan fingerprint density at radius 2 is 2.22 bits per heavy atom. The minimum Gasteiger partial charge on any atom is -0.439 e. The quantitative estimate of drug-likeness (QED) is 0.779. The monoisotopic (exact) mass is 378 g/mol. The van der Waals surface area contributed by atoms with E-state index >= 15 is 0 Å². The van der Waals surface area contributed by atoms with E-state index in [0.717, 1.165) is 15.6 Å². The Morgan fingerprint density at radius 3 is 3.09 bits per heavy atom. The summed E-state index contributed by atoms with van der Waals surface area (Å²) in [5, 5.41) is 2.64. The molecule has 0 radical (unpaired) electrons. The first kappa shape index (κ1) is 14.6. The van der Waals surface area contributed by atoms with E-state index in [2.05, 4.69) is 31.1 Å². The number of carbonyl (C=O) groups excluding carboxylic acids is 2. The van der Waals surface area contributed by atoms with Crippen molar-refractivity contribution in [3.8, 4) is 0 Å². The topological polar surface area (TPSA) is 78.7 Å². The van der Waals surface area contributed by atoms with E-state index in [1.807, 2.05) is 18.2 Å². The van der Waals surface area contributed by atoms with Crippen LogP contribution in [0.1, 0.15) is 5.89 Å². The fraction of sp³-hybridized carbons (Fsp3) is 0.400. The maximum absolute atomic E-state index is 11.8. The second-order valence-corrected chi connectivity index (χ2v) is 6.73. The van der Waals surface area contributed by atoms with Crippen LogP contribution in [0.15, 0.2) is 27.1 Å². The Balaban J connectivity index is 1.47. The van der Waals surface area contributed by atoms with Crippen molar-refractivity contribution in [2.24, 2.45) is 0 Å². The van der Waals surface area contributed by atoms with Crippen molar-refractivity contribution in [2.45, 2.75) is 12.6 Å². The number of amides is 2. The number of nitrogens with zero attached hydrogens (tertiary/aromatic N) is 3. The number of fused-ring (bicyclic) bond motifs is 2. The molecule has 1 N–H and O–H groups in total. The van der Waals surface area contributed by atoms with Gasteiger partial charge in [-0.3, -0.25) is 14.5 Å². The molecule has 2 saturated heterocycles. The summed E-state index contributed by atoms with van der Waals surface area (Å²) in [5.74, 6) is -0.260. The Labute approximate surface area is 140 Å². The van der Waals surface area contributed by atoms with Crippen molar-refractivity contribution < 1.29 is 14.0 Å². The van der Waals surface area contributed by atoms with Crippen LogP contribution in [0, 0.1) is 0 Å². The highest BCUT2D eigenvalue weighted by Crippen LogP contribution is 2.22. The van der Waals surface area contributed by atoms with E-state index in [9.17, 15) is 9.59 Å². The smallest absolute Gasteiger partial charge is 0.312 e. The van der Waals surface area contributed by atoms with E-state index < -0.39 is 11.8 Å². The second-order valence-electron chi connectivity index (χ2n) is 5.82. The average molecular weight is 379 g/mol. The molecule has 2 aliphatic rings. The van der Waals surface area contributed by atoms with E-state index in [1.165, 1.54) is 0 Å². The number of hydrogen-bond acceptors (Lipinski definition) is 5. The third-order valence-corrected chi connectivity index (χ3v) is 4.77. The van der Waals surface area contributed by atoms with Gasteiger partial charge in [-0.05, 0) is 18.2 Å². The summed E-state index contributed by atoms with van der Waals surface area (Å²) in [6, 6.07) is 5.77. The van der Waals surface area contributed by atoms with E-state index in [4.69, 9.17) is 4.42 Å². The fourth-order valence-electron chi connectivity index (χ4n) is 3.13. The van der Waals surface area contributed by atoms with Crippen LogP contribution in [-0.2, 0) is 16.1 Å². The number of oxazole rings is 1. The normalized spacial score (nSPS) is 22.3. The van der Waals surface area contributed by atoms with Crippen LogP contribution in [0.25, 0.3) is 11.1 Å². The molecule has 2 fully saturated rings. The van der Waals surface area contributed by atoms with E-state index in [-0.39, 0.29) is 6.04 Å². The summed E-state index contributed by atoms with van der Waals surface area (Å²) in [6.45, 7) is 3.06. The number of halogens is 1. The zero-order valence-electron chi connectivity index (χ0n) is 12.3. The molecule has 7 nitrogen and oxygen atoms in total. The zero-order valence-corrected chi connectivity index (χ0v) is 13.9. The van der Waals surface area contributed by atoms with Gasteiger partial charge < -0.3 is 14.6 Å². The van der Waals surface area contributed by atoms with Gasteiger partial charge in [0.15, 0.2) is 5.58 Å². The fourth-order valence-corrected chi connectivity index (χ4v) is 3.47. The van der Waals surface area contributed by atoms with Crippen LogP contribution in [0.5, 0.6) is 0 Å². The first-order valence-electron chi connectivity index (χ1n) is 7.46. The molecule has 2 amide bonds.